The van der Waals surface area contributed by atoms with Gasteiger partial charge in [-0.25, -0.2) is 0 Å². The molecular weight excluding hydrogens is 252 g/mol. The number of hydrogen-bond acceptors (Lipinski definition) is 4. The van der Waals surface area contributed by atoms with Crippen molar-refractivity contribution >= 4 is 5.97 Å². The first-order valence-electron chi connectivity index (χ1n) is 8.28. The number of nitrogens with one attached hydrogen (secondary N) is 1. The van der Waals surface area contributed by atoms with E-state index in [9.17, 15) is 4.79 Å². The van der Waals surface area contributed by atoms with Crippen molar-refractivity contribution in [3.63, 3.8) is 0 Å². The molecule has 0 spiro atoms. The summed E-state index contributed by atoms with van der Waals surface area (Å²) in [6, 6.07) is 0. The molecular formula is C16H32N2O2. The van der Waals surface area contributed by atoms with Crippen molar-refractivity contribution in [2.24, 2.45) is 0 Å². The van der Waals surface area contributed by atoms with Crippen LogP contribution in [0, 0.1) is 0 Å². The monoisotopic (exact) mass is 284 g/mol. The van der Waals surface area contributed by atoms with Crippen LogP contribution in [0.2, 0.25) is 0 Å². The second-order valence-electron chi connectivity index (χ2n) is 5.88. The molecule has 0 saturated carbocycles. The van der Waals surface area contributed by atoms with Gasteiger partial charge < -0.3 is 15.0 Å². The zero-order valence-corrected chi connectivity index (χ0v) is 13.5. The lowest BCUT2D eigenvalue weighted by molar-refractivity contribution is -0.145. The van der Waals surface area contributed by atoms with Crippen LogP contribution < -0.4 is 5.32 Å². The summed E-state index contributed by atoms with van der Waals surface area (Å²) in [6.45, 7) is 11.1. The normalized spacial score (nSPS) is 24.4. The van der Waals surface area contributed by atoms with E-state index in [4.69, 9.17) is 4.74 Å². The predicted octanol–water partition coefficient (Wildman–Crippen LogP) is 2.57. The van der Waals surface area contributed by atoms with Crippen LogP contribution in [-0.4, -0.2) is 49.2 Å². The van der Waals surface area contributed by atoms with Crippen molar-refractivity contribution in [2.45, 2.75) is 64.8 Å². The quantitative estimate of drug-likeness (QED) is 0.696. The van der Waals surface area contributed by atoms with Crippen molar-refractivity contribution in [1.82, 2.24) is 10.2 Å². The summed E-state index contributed by atoms with van der Waals surface area (Å²) < 4.78 is 5.17. The number of likely N-dealkylation sites (tertiary alicyclic amines) is 1. The number of carbonyl (C=O) groups excluding carboxylic acids is 1. The lowest BCUT2D eigenvalue weighted by Crippen LogP contribution is -2.48. The molecule has 4 nitrogen and oxygen atoms in total. The van der Waals surface area contributed by atoms with Gasteiger partial charge in [0, 0.05) is 5.54 Å². The Balaban J connectivity index is 2.64. The van der Waals surface area contributed by atoms with Gasteiger partial charge >= 0.3 is 5.97 Å². The number of carbonyl (C=O) groups is 1. The van der Waals surface area contributed by atoms with Gasteiger partial charge in [-0.2, -0.15) is 0 Å². The predicted molar refractivity (Wildman–Crippen MR) is 82.9 cm³/mol. The summed E-state index contributed by atoms with van der Waals surface area (Å²) in [6.07, 6.45) is 6.10. The zero-order valence-electron chi connectivity index (χ0n) is 13.5. The Morgan fingerprint density at radius 1 is 1.20 bits per heavy atom. The molecule has 1 unspecified atom stereocenters. The zero-order chi connectivity index (χ0) is 14.8. The fourth-order valence-electron chi connectivity index (χ4n) is 3.08. The van der Waals surface area contributed by atoms with E-state index in [1.165, 1.54) is 13.0 Å². The third kappa shape index (κ3) is 5.80. The van der Waals surface area contributed by atoms with E-state index < -0.39 is 0 Å². The highest BCUT2D eigenvalue weighted by molar-refractivity contribution is 5.70. The molecule has 1 rings (SSSR count). The molecule has 0 aromatic heterocycles. The maximum absolute atomic E-state index is 11.9. The molecule has 0 aromatic rings. The van der Waals surface area contributed by atoms with E-state index in [0.29, 0.717) is 13.0 Å². The molecule has 4 heteroatoms. The van der Waals surface area contributed by atoms with Crippen LogP contribution in [-0.2, 0) is 9.53 Å². The van der Waals surface area contributed by atoms with Gasteiger partial charge in [-0.1, -0.05) is 13.8 Å². The minimum atomic E-state index is -0.0555. The summed E-state index contributed by atoms with van der Waals surface area (Å²) in [5.41, 5.74) is -0.0508. The third-order valence-electron chi connectivity index (χ3n) is 4.11. The second-order valence-corrected chi connectivity index (χ2v) is 5.88. The minimum absolute atomic E-state index is 0.0508. The summed E-state index contributed by atoms with van der Waals surface area (Å²) in [5.74, 6) is -0.0555. The summed E-state index contributed by atoms with van der Waals surface area (Å²) in [4.78, 5) is 14.5. The molecule has 0 aliphatic carbocycles. The average Bonchev–Trinajstić information content (AvgIpc) is 2.61. The first kappa shape index (κ1) is 17.4. The Hall–Kier alpha value is -0.610. The highest BCUT2D eigenvalue weighted by atomic mass is 16.5. The number of esters is 1. The topological polar surface area (TPSA) is 41.6 Å². The van der Waals surface area contributed by atoms with E-state index >= 15 is 0 Å². The molecule has 1 aliphatic rings. The van der Waals surface area contributed by atoms with Gasteiger partial charge in [0.15, 0.2) is 0 Å². The fraction of sp³-hybridized carbons (Fsp3) is 0.938. The van der Waals surface area contributed by atoms with Gasteiger partial charge in [-0.3, -0.25) is 4.79 Å². The minimum Gasteiger partial charge on any atom is -0.466 e. The van der Waals surface area contributed by atoms with Crippen LogP contribution in [0.5, 0.6) is 0 Å². The Morgan fingerprint density at radius 3 is 2.65 bits per heavy atom. The standard InChI is InChI=1S/C16H32N2O2/c1-4-10-17-16(14-15(19)20-6-3)8-7-12-18(11-5-2)13-9-16/h17H,4-14H2,1-3H3. The van der Waals surface area contributed by atoms with E-state index in [-0.39, 0.29) is 11.5 Å². The van der Waals surface area contributed by atoms with Gasteiger partial charge in [-0.05, 0) is 65.2 Å². The largest absolute Gasteiger partial charge is 0.466 e. The number of hydrogen-bond donors (Lipinski definition) is 1. The smallest absolute Gasteiger partial charge is 0.307 e. The lowest BCUT2D eigenvalue weighted by atomic mass is 9.86. The van der Waals surface area contributed by atoms with Gasteiger partial charge in [-0.15, -0.1) is 0 Å². The average molecular weight is 284 g/mol. The Kier molecular flexibility index (Phi) is 8.15. The van der Waals surface area contributed by atoms with Crippen molar-refractivity contribution in [2.75, 3.05) is 32.8 Å². The molecule has 1 heterocycles. The molecule has 0 bridgehead atoms. The van der Waals surface area contributed by atoms with Crippen LogP contribution in [0.15, 0.2) is 0 Å². The summed E-state index contributed by atoms with van der Waals surface area (Å²) in [7, 11) is 0. The van der Waals surface area contributed by atoms with E-state index in [1.54, 1.807) is 0 Å². The second kappa shape index (κ2) is 9.35. The first-order valence-corrected chi connectivity index (χ1v) is 8.28. The molecule has 1 saturated heterocycles. The molecule has 20 heavy (non-hydrogen) atoms. The van der Waals surface area contributed by atoms with Crippen LogP contribution >= 0.6 is 0 Å². The Bertz CT molecular complexity index is 284. The van der Waals surface area contributed by atoms with E-state index in [1.807, 2.05) is 6.92 Å². The van der Waals surface area contributed by atoms with Crippen LogP contribution in [0.4, 0.5) is 0 Å². The Labute approximate surface area is 124 Å². The first-order chi connectivity index (χ1) is 9.65. The van der Waals surface area contributed by atoms with Crippen molar-refractivity contribution in [3.8, 4) is 0 Å². The van der Waals surface area contributed by atoms with Crippen LogP contribution in [0.1, 0.15) is 59.3 Å². The van der Waals surface area contributed by atoms with Crippen LogP contribution in [0.25, 0.3) is 0 Å². The van der Waals surface area contributed by atoms with Crippen molar-refractivity contribution < 1.29 is 9.53 Å². The molecule has 0 amide bonds. The highest BCUT2D eigenvalue weighted by Gasteiger charge is 2.34. The van der Waals surface area contributed by atoms with Gasteiger partial charge in [0.25, 0.3) is 0 Å². The molecule has 0 radical (unpaired) electrons. The highest BCUT2D eigenvalue weighted by Crippen LogP contribution is 2.26. The van der Waals surface area contributed by atoms with Gasteiger partial charge in [0.2, 0.25) is 0 Å². The maximum Gasteiger partial charge on any atom is 0.307 e. The number of rotatable bonds is 8. The van der Waals surface area contributed by atoms with Crippen LogP contribution in [0.3, 0.4) is 0 Å². The number of ether oxygens (including phenoxy) is 1. The maximum atomic E-state index is 11.9. The lowest BCUT2D eigenvalue weighted by Gasteiger charge is -2.33. The molecule has 1 N–H and O–H groups in total. The molecule has 118 valence electrons. The van der Waals surface area contributed by atoms with Crippen molar-refractivity contribution in [1.29, 1.82) is 0 Å². The molecule has 1 atom stereocenters. The van der Waals surface area contributed by atoms with E-state index in [0.717, 1.165) is 45.3 Å². The van der Waals surface area contributed by atoms with Gasteiger partial charge in [0.1, 0.15) is 0 Å². The summed E-state index contributed by atoms with van der Waals surface area (Å²) in [5, 5.41) is 3.65. The Morgan fingerprint density at radius 2 is 2.00 bits per heavy atom. The fourth-order valence-corrected chi connectivity index (χ4v) is 3.08. The van der Waals surface area contributed by atoms with E-state index in [2.05, 4.69) is 24.1 Å². The molecule has 1 aliphatic heterocycles. The molecule has 0 aromatic carbocycles. The van der Waals surface area contributed by atoms with Crippen molar-refractivity contribution in [3.05, 3.63) is 0 Å². The number of nitrogens with zero attached hydrogens (tertiary/aromatic N) is 1. The van der Waals surface area contributed by atoms with Gasteiger partial charge in [0.05, 0.1) is 13.0 Å². The molecule has 1 fully saturated rings. The third-order valence-corrected chi connectivity index (χ3v) is 4.11. The summed E-state index contributed by atoms with van der Waals surface area (Å²) >= 11 is 0. The SMILES string of the molecule is CCCNC1(CC(=O)OCC)CCCN(CCC)CC1.